The van der Waals surface area contributed by atoms with E-state index >= 15 is 0 Å². The van der Waals surface area contributed by atoms with Gasteiger partial charge in [0.2, 0.25) is 0 Å². The fourth-order valence-corrected chi connectivity index (χ4v) is 2.00. The molecule has 0 aliphatic carbocycles. The zero-order chi connectivity index (χ0) is 14.4. The Balaban J connectivity index is 2.18. The van der Waals surface area contributed by atoms with Crippen LogP contribution in [0.25, 0.3) is 0 Å². The molecule has 2 aromatic rings. The molecule has 0 heterocycles. The first kappa shape index (κ1) is 14.3. The normalized spacial score (nSPS) is 10.3. The van der Waals surface area contributed by atoms with E-state index in [1.54, 1.807) is 0 Å². The standard InChI is InChI=1S/C17H19NO2/c1-3-20-12-14-9-5-7-11-16(14)18-17(19)15-10-6-4-8-13(15)2/h4-11H,3,12H2,1-2H3,(H,18,19). The first-order valence-electron chi connectivity index (χ1n) is 6.75. The minimum atomic E-state index is -0.0907. The number of carbonyl (C=O) groups excluding carboxylic acids is 1. The predicted octanol–water partition coefficient (Wildman–Crippen LogP) is 3.78. The molecule has 0 unspecified atom stereocenters. The SMILES string of the molecule is CCOCc1ccccc1NC(=O)c1ccccc1C. The molecule has 0 radical (unpaired) electrons. The van der Waals surface area contributed by atoms with Crippen molar-refractivity contribution in [3.8, 4) is 0 Å². The Kier molecular flexibility index (Phi) is 4.91. The van der Waals surface area contributed by atoms with E-state index in [1.165, 1.54) is 0 Å². The average molecular weight is 269 g/mol. The summed E-state index contributed by atoms with van der Waals surface area (Å²) in [6, 6.07) is 15.3. The van der Waals surface area contributed by atoms with Crippen LogP contribution < -0.4 is 5.32 Å². The number of benzene rings is 2. The van der Waals surface area contributed by atoms with Crippen LogP contribution in [0.1, 0.15) is 28.4 Å². The van der Waals surface area contributed by atoms with Crippen molar-refractivity contribution in [2.75, 3.05) is 11.9 Å². The van der Waals surface area contributed by atoms with Gasteiger partial charge in [-0.05, 0) is 31.5 Å². The summed E-state index contributed by atoms with van der Waals surface area (Å²) >= 11 is 0. The molecule has 3 nitrogen and oxygen atoms in total. The van der Waals surface area contributed by atoms with Crippen LogP contribution in [-0.4, -0.2) is 12.5 Å². The highest BCUT2D eigenvalue weighted by atomic mass is 16.5. The second-order valence-corrected chi connectivity index (χ2v) is 4.56. The molecular weight excluding hydrogens is 250 g/mol. The molecule has 0 fully saturated rings. The molecule has 0 saturated heterocycles. The van der Waals surface area contributed by atoms with Crippen LogP contribution in [0.2, 0.25) is 0 Å². The summed E-state index contributed by atoms with van der Waals surface area (Å²) < 4.78 is 5.42. The third kappa shape index (κ3) is 3.45. The van der Waals surface area contributed by atoms with Gasteiger partial charge in [-0.3, -0.25) is 4.79 Å². The van der Waals surface area contributed by atoms with Crippen molar-refractivity contribution in [3.05, 3.63) is 65.2 Å². The van der Waals surface area contributed by atoms with Crippen molar-refractivity contribution in [1.82, 2.24) is 0 Å². The number of hydrogen-bond acceptors (Lipinski definition) is 2. The van der Waals surface area contributed by atoms with E-state index in [0.717, 1.165) is 16.8 Å². The van der Waals surface area contributed by atoms with Crippen molar-refractivity contribution in [2.24, 2.45) is 0 Å². The zero-order valence-corrected chi connectivity index (χ0v) is 11.8. The van der Waals surface area contributed by atoms with E-state index in [2.05, 4.69) is 5.32 Å². The summed E-state index contributed by atoms with van der Waals surface area (Å²) in [5.74, 6) is -0.0907. The van der Waals surface area contributed by atoms with Crippen LogP contribution in [0.4, 0.5) is 5.69 Å². The molecule has 104 valence electrons. The van der Waals surface area contributed by atoms with Gasteiger partial charge in [0.25, 0.3) is 5.91 Å². The maximum Gasteiger partial charge on any atom is 0.255 e. The van der Waals surface area contributed by atoms with Crippen LogP contribution in [-0.2, 0) is 11.3 Å². The van der Waals surface area contributed by atoms with Gasteiger partial charge in [-0.2, -0.15) is 0 Å². The van der Waals surface area contributed by atoms with E-state index in [9.17, 15) is 4.79 Å². The fraction of sp³-hybridized carbons (Fsp3) is 0.235. The molecule has 1 N–H and O–H groups in total. The van der Waals surface area contributed by atoms with Gasteiger partial charge < -0.3 is 10.1 Å². The Morgan fingerprint density at radius 2 is 1.80 bits per heavy atom. The fourth-order valence-electron chi connectivity index (χ4n) is 2.00. The van der Waals surface area contributed by atoms with Gasteiger partial charge in [0.15, 0.2) is 0 Å². The smallest absolute Gasteiger partial charge is 0.255 e. The lowest BCUT2D eigenvalue weighted by Gasteiger charge is -2.12. The molecule has 1 amide bonds. The van der Waals surface area contributed by atoms with Crippen molar-refractivity contribution < 1.29 is 9.53 Å². The second kappa shape index (κ2) is 6.87. The number of anilines is 1. The largest absolute Gasteiger partial charge is 0.377 e. The lowest BCUT2D eigenvalue weighted by Crippen LogP contribution is -2.14. The molecule has 0 aromatic heterocycles. The Bertz CT molecular complexity index is 593. The lowest BCUT2D eigenvalue weighted by atomic mass is 10.1. The number of aryl methyl sites for hydroxylation is 1. The predicted molar refractivity (Wildman–Crippen MR) is 80.9 cm³/mol. The summed E-state index contributed by atoms with van der Waals surface area (Å²) in [6.45, 7) is 5.04. The van der Waals surface area contributed by atoms with E-state index in [4.69, 9.17) is 4.74 Å². The van der Waals surface area contributed by atoms with E-state index in [0.29, 0.717) is 18.8 Å². The molecule has 20 heavy (non-hydrogen) atoms. The number of nitrogens with one attached hydrogen (secondary N) is 1. The monoisotopic (exact) mass is 269 g/mol. The molecule has 0 aliphatic rings. The molecule has 0 spiro atoms. The highest BCUT2D eigenvalue weighted by Crippen LogP contribution is 2.18. The lowest BCUT2D eigenvalue weighted by molar-refractivity contribution is 0.102. The van der Waals surface area contributed by atoms with Gasteiger partial charge in [-0.25, -0.2) is 0 Å². The van der Waals surface area contributed by atoms with Gasteiger partial charge in [0.05, 0.1) is 6.61 Å². The number of para-hydroxylation sites is 1. The number of ether oxygens (including phenoxy) is 1. The molecule has 2 aromatic carbocycles. The van der Waals surface area contributed by atoms with Gasteiger partial charge in [0, 0.05) is 23.4 Å². The Morgan fingerprint density at radius 3 is 2.55 bits per heavy atom. The van der Waals surface area contributed by atoms with Gasteiger partial charge >= 0.3 is 0 Å². The summed E-state index contributed by atoms with van der Waals surface area (Å²) in [4.78, 5) is 12.3. The Morgan fingerprint density at radius 1 is 1.10 bits per heavy atom. The third-order valence-electron chi connectivity index (χ3n) is 3.12. The maximum atomic E-state index is 12.3. The van der Waals surface area contributed by atoms with Crippen LogP contribution >= 0.6 is 0 Å². The molecule has 3 heteroatoms. The maximum absolute atomic E-state index is 12.3. The summed E-state index contributed by atoms with van der Waals surface area (Å²) in [7, 11) is 0. The first-order chi connectivity index (χ1) is 9.72. The average Bonchev–Trinajstić information content (AvgIpc) is 2.46. The Labute approximate surface area is 119 Å². The quantitative estimate of drug-likeness (QED) is 0.897. The highest BCUT2D eigenvalue weighted by molar-refractivity contribution is 6.05. The summed E-state index contributed by atoms with van der Waals surface area (Å²) in [5, 5.41) is 2.96. The van der Waals surface area contributed by atoms with Gasteiger partial charge in [-0.1, -0.05) is 36.4 Å². The van der Waals surface area contributed by atoms with Crippen LogP contribution in [0, 0.1) is 6.92 Å². The topological polar surface area (TPSA) is 38.3 Å². The van der Waals surface area contributed by atoms with E-state index < -0.39 is 0 Å². The van der Waals surface area contributed by atoms with Crippen LogP contribution in [0.5, 0.6) is 0 Å². The zero-order valence-electron chi connectivity index (χ0n) is 11.8. The molecule has 0 saturated carbocycles. The molecule has 0 atom stereocenters. The van der Waals surface area contributed by atoms with Crippen LogP contribution in [0.15, 0.2) is 48.5 Å². The number of rotatable bonds is 5. The van der Waals surface area contributed by atoms with Crippen molar-refractivity contribution in [3.63, 3.8) is 0 Å². The van der Waals surface area contributed by atoms with E-state index in [1.807, 2.05) is 62.4 Å². The van der Waals surface area contributed by atoms with E-state index in [-0.39, 0.29) is 5.91 Å². The van der Waals surface area contributed by atoms with Crippen molar-refractivity contribution >= 4 is 11.6 Å². The molecular formula is C17H19NO2. The third-order valence-corrected chi connectivity index (χ3v) is 3.12. The molecule has 0 aliphatic heterocycles. The summed E-state index contributed by atoms with van der Waals surface area (Å²) in [5.41, 5.74) is 3.44. The molecule has 0 bridgehead atoms. The summed E-state index contributed by atoms with van der Waals surface area (Å²) in [6.07, 6.45) is 0. The van der Waals surface area contributed by atoms with Crippen molar-refractivity contribution in [2.45, 2.75) is 20.5 Å². The van der Waals surface area contributed by atoms with Crippen molar-refractivity contribution in [1.29, 1.82) is 0 Å². The minimum absolute atomic E-state index is 0.0907. The number of amides is 1. The molecule has 2 rings (SSSR count). The number of hydrogen-bond donors (Lipinski definition) is 1. The van der Waals surface area contributed by atoms with Crippen LogP contribution in [0.3, 0.4) is 0 Å². The van der Waals surface area contributed by atoms with Gasteiger partial charge in [0.1, 0.15) is 0 Å². The Hall–Kier alpha value is -2.13. The first-order valence-corrected chi connectivity index (χ1v) is 6.75. The van der Waals surface area contributed by atoms with Gasteiger partial charge in [-0.15, -0.1) is 0 Å². The second-order valence-electron chi connectivity index (χ2n) is 4.56. The number of carbonyl (C=O) groups is 1. The minimum Gasteiger partial charge on any atom is -0.377 e. The highest BCUT2D eigenvalue weighted by Gasteiger charge is 2.10.